The number of nitrogens with zero attached hydrogens (tertiary/aromatic N) is 2. The van der Waals surface area contributed by atoms with Crippen molar-refractivity contribution in [2.45, 2.75) is 12.5 Å². The van der Waals surface area contributed by atoms with E-state index < -0.39 is 5.60 Å². The first kappa shape index (κ1) is 19.1. The van der Waals surface area contributed by atoms with Crippen molar-refractivity contribution in [3.05, 3.63) is 70.9 Å². The minimum atomic E-state index is -1.27. The molecule has 0 heterocycles. The Balaban J connectivity index is 2.20. The molecule has 0 saturated carbocycles. The van der Waals surface area contributed by atoms with Crippen LogP contribution in [0.25, 0.3) is 0 Å². The van der Waals surface area contributed by atoms with Crippen molar-refractivity contribution in [2.75, 3.05) is 6.54 Å². The summed E-state index contributed by atoms with van der Waals surface area (Å²) in [6, 6.07) is 12.1. The number of ether oxygens (including phenoxy) is 1. The van der Waals surface area contributed by atoms with E-state index in [0.717, 1.165) is 6.34 Å². The smallest absolute Gasteiger partial charge is 0.128 e. The van der Waals surface area contributed by atoms with Crippen LogP contribution in [0, 0.1) is 0 Å². The van der Waals surface area contributed by atoms with Crippen LogP contribution in [0.4, 0.5) is 0 Å². The monoisotopic (exact) mass is 379 g/mol. The van der Waals surface area contributed by atoms with Crippen molar-refractivity contribution in [2.24, 2.45) is 10.8 Å². The van der Waals surface area contributed by atoms with Crippen LogP contribution in [0.15, 0.2) is 60.3 Å². The molecular weight excluding hydrogens is 361 g/mol. The van der Waals surface area contributed by atoms with Gasteiger partial charge in [0, 0.05) is 16.8 Å². The molecule has 0 aliphatic rings. The molecule has 1 atom stereocenters. The molecule has 0 aliphatic heterocycles. The molecule has 7 heteroatoms. The van der Waals surface area contributed by atoms with Crippen LogP contribution in [0.5, 0.6) is 11.5 Å². The van der Waals surface area contributed by atoms with Crippen molar-refractivity contribution in [3.63, 3.8) is 0 Å². The van der Waals surface area contributed by atoms with Crippen LogP contribution in [-0.4, -0.2) is 23.0 Å². The number of hydrazone groups is 1. The summed E-state index contributed by atoms with van der Waals surface area (Å²) >= 11 is 12.2. The lowest BCUT2D eigenvalue weighted by molar-refractivity contribution is 0.0299. The Morgan fingerprint density at radius 1 is 1.24 bits per heavy atom. The molecule has 25 heavy (non-hydrogen) atoms. The fourth-order valence-corrected chi connectivity index (χ4v) is 2.77. The van der Waals surface area contributed by atoms with E-state index in [1.807, 2.05) is 0 Å². The molecule has 0 saturated heterocycles. The average molecular weight is 380 g/mol. The maximum Gasteiger partial charge on any atom is 0.128 e. The number of rotatable bonds is 7. The lowest BCUT2D eigenvalue weighted by atomic mass is 9.95. The Kier molecular flexibility index (Phi) is 6.31. The molecule has 0 spiro atoms. The quantitative estimate of drug-likeness (QED) is 0.426. The number of nitrogens with two attached hydrogens (primary N) is 1. The zero-order valence-corrected chi connectivity index (χ0v) is 15.2. The molecule has 132 valence electrons. The number of hydrogen-bond donors (Lipinski definition) is 2. The minimum absolute atomic E-state index is 0.140. The van der Waals surface area contributed by atoms with Gasteiger partial charge in [0.05, 0.1) is 11.6 Å². The average Bonchev–Trinajstić information content (AvgIpc) is 2.56. The van der Waals surface area contributed by atoms with Crippen LogP contribution < -0.4 is 10.5 Å². The second kappa shape index (κ2) is 8.25. The molecule has 2 aromatic carbocycles. The van der Waals surface area contributed by atoms with Gasteiger partial charge < -0.3 is 15.6 Å². The highest BCUT2D eigenvalue weighted by molar-refractivity contribution is 6.31. The van der Waals surface area contributed by atoms with Gasteiger partial charge in [0.25, 0.3) is 0 Å². The summed E-state index contributed by atoms with van der Waals surface area (Å²) in [6.07, 6.45) is 2.59. The first-order chi connectivity index (χ1) is 11.9. The Bertz CT molecular complexity index is 761. The van der Waals surface area contributed by atoms with Crippen LogP contribution in [0.3, 0.4) is 0 Å². The molecule has 2 rings (SSSR count). The van der Waals surface area contributed by atoms with E-state index >= 15 is 0 Å². The van der Waals surface area contributed by atoms with E-state index in [0.29, 0.717) is 27.1 Å². The molecule has 1 unspecified atom stereocenters. The summed E-state index contributed by atoms with van der Waals surface area (Å²) in [7, 11) is 0. The molecule has 0 amide bonds. The second-order valence-corrected chi connectivity index (χ2v) is 6.36. The predicted octanol–water partition coefficient (Wildman–Crippen LogP) is 4.34. The van der Waals surface area contributed by atoms with Crippen LogP contribution in [0.2, 0.25) is 10.0 Å². The lowest BCUT2D eigenvalue weighted by Crippen LogP contribution is -2.34. The first-order valence-electron chi connectivity index (χ1n) is 7.45. The van der Waals surface area contributed by atoms with Gasteiger partial charge in [0.1, 0.15) is 23.4 Å². The summed E-state index contributed by atoms with van der Waals surface area (Å²) in [5.41, 5.74) is 4.55. The minimum Gasteiger partial charge on any atom is -0.457 e. The maximum atomic E-state index is 10.8. The van der Waals surface area contributed by atoms with Crippen molar-refractivity contribution in [1.82, 2.24) is 5.01 Å². The summed E-state index contributed by atoms with van der Waals surface area (Å²) in [5.74, 6) is 1.18. The van der Waals surface area contributed by atoms with Crippen molar-refractivity contribution >= 4 is 29.5 Å². The maximum absolute atomic E-state index is 10.8. The number of aliphatic hydroxyl groups is 1. The summed E-state index contributed by atoms with van der Waals surface area (Å²) < 4.78 is 5.73. The molecule has 0 fully saturated rings. The van der Waals surface area contributed by atoms with Crippen LogP contribution in [-0.2, 0) is 5.60 Å². The van der Waals surface area contributed by atoms with E-state index in [4.69, 9.17) is 33.7 Å². The molecule has 5 nitrogen and oxygen atoms in total. The molecule has 0 aliphatic carbocycles. The Hall–Kier alpha value is -2.21. The van der Waals surface area contributed by atoms with Gasteiger partial charge in [-0.05, 0) is 43.3 Å². The third-order valence-electron chi connectivity index (χ3n) is 3.47. The Morgan fingerprint density at radius 3 is 2.44 bits per heavy atom. The van der Waals surface area contributed by atoms with E-state index in [1.54, 1.807) is 49.4 Å². The fraction of sp³-hybridized carbons (Fsp3) is 0.167. The molecule has 0 bridgehead atoms. The van der Waals surface area contributed by atoms with Gasteiger partial charge >= 0.3 is 0 Å². The standard InChI is InChI=1S/C18H19Cl2N3O2/c1-3-23(22-12-21)11-18(2,24)16-9-8-15(10-17(16)20)25-14-6-4-13(19)5-7-14/h3-10,12,24H,1,11H2,2H3,(H2,21,22). The topological polar surface area (TPSA) is 71.1 Å². The fourth-order valence-electron chi connectivity index (χ4n) is 2.27. The van der Waals surface area contributed by atoms with Gasteiger partial charge in [-0.3, -0.25) is 5.01 Å². The summed E-state index contributed by atoms with van der Waals surface area (Å²) in [4.78, 5) is 0. The van der Waals surface area contributed by atoms with E-state index in [9.17, 15) is 5.11 Å². The van der Waals surface area contributed by atoms with E-state index in [-0.39, 0.29) is 6.54 Å². The molecular formula is C18H19Cl2N3O2. The molecule has 3 N–H and O–H groups in total. The van der Waals surface area contributed by atoms with Crippen LogP contribution in [0.1, 0.15) is 12.5 Å². The van der Waals surface area contributed by atoms with Crippen molar-refractivity contribution < 1.29 is 9.84 Å². The van der Waals surface area contributed by atoms with E-state index in [2.05, 4.69) is 11.7 Å². The van der Waals surface area contributed by atoms with Gasteiger partial charge in [-0.2, -0.15) is 5.10 Å². The number of hydrogen-bond acceptors (Lipinski definition) is 4. The van der Waals surface area contributed by atoms with Gasteiger partial charge in [-0.15, -0.1) is 0 Å². The molecule has 2 aromatic rings. The van der Waals surface area contributed by atoms with Gasteiger partial charge in [-0.25, -0.2) is 0 Å². The zero-order chi connectivity index (χ0) is 18.4. The highest BCUT2D eigenvalue weighted by Gasteiger charge is 2.28. The van der Waals surface area contributed by atoms with Crippen LogP contribution >= 0.6 is 23.2 Å². The summed E-state index contributed by atoms with van der Waals surface area (Å²) in [6.45, 7) is 5.41. The van der Waals surface area contributed by atoms with Crippen molar-refractivity contribution in [1.29, 1.82) is 0 Å². The number of halogens is 2. The zero-order valence-electron chi connectivity index (χ0n) is 13.7. The Labute approximate surface area is 156 Å². The second-order valence-electron chi connectivity index (χ2n) is 5.52. The van der Waals surface area contributed by atoms with Gasteiger partial charge in [-0.1, -0.05) is 35.8 Å². The highest BCUT2D eigenvalue weighted by Crippen LogP contribution is 2.33. The normalized spacial score (nSPS) is 13.4. The van der Waals surface area contributed by atoms with Gasteiger partial charge in [0.2, 0.25) is 0 Å². The Morgan fingerprint density at radius 2 is 1.88 bits per heavy atom. The SMILES string of the molecule is C=CN(CC(C)(O)c1ccc(Oc2ccc(Cl)cc2)cc1Cl)/N=C\N. The van der Waals surface area contributed by atoms with E-state index in [1.165, 1.54) is 11.2 Å². The highest BCUT2D eigenvalue weighted by atomic mass is 35.5. The number of benzene rings is 2. The third kappa shape index (κ3) is 5.13. The lowest BCUT2D eigenvalue weighted by Gasteiger charge is -2.29. The van der Waals surface area contributed by atoms with Crippen molar-refractivity contribution in [3.8, 4) is 11.5 Å². The third-order valence-corrected chi connectivity index (χ3v) is 4.03. The predicted molar refractivity (Wildman–Crippen MR) is 102 cm³/mol. The first-order valence-corrected chi connectivity index (χ1v) is 8.20. The van der Waals surface area contributed by atoms with Gasteiger partial charge in [0.15, 0.2) is 0 Å². The molecule has 0 aromatic heterocycles. The largest absolute Gasteiger partial charge is 0.457 e. The molecule has 0 radical (unpaired) electrons. The summed E-state index contributed by atoms with van der Waals surface area (Å²) in [5, 5.41) is 17.1.